The lowest BCUT2D eigenvalue weighted by molar-refractivity contribution is -0.117. The minimum absolute atomic E-state index is 0.0120. The number of amides is 1. The maximum absolute atomic E-state index is 13.1. The Labute approximate surface area is 179 Å². The van der Waals surface area contributed by atoms with Crippen molar-refractivity contribution in [3.05, 3.63) is 88.4 Å². The second-order valence-electron chi connectivity index (χ2n) is 7.19. The molecule has 1 saturated carbocycles. The summed E-state index contributed by atoms with van der Waals surface area (Å²) >= 11 is 3.42. The number of halogens is 1. The number of methoxy groups -OCH3 is 2. The van der Waals surface area contributed by atoms with E-state index >= 15 is 0 Å². The average molecular weight is 452 g/mol. The Kier molecular flexibility index (Phi) is 5.33. The number of rotatable bonds is 6. The molecule has 1 aliphatic rings. The molecule has 0 saturated heterocycles. The Morgan fingerprint density at radius 2 is 1.48 bits per heavy atom. The first kappa shape index (κ1) is 19.5. The molecule has 148 valence electrons. The van der Waals surface area contributed by atoms with Crippen molar-refractivity contribution in [3.8, 4) is 11.5 Å². The van der Waals surface area contributed by atoms with Crippen LogP contribution < -0.4 is 14.8 Å². The lowest BCUT2D eigenvalue weighted by Crippen LogP contribution is -2.22. The molecule has 0 aromatic heterocycles. The maximum Gasteiger partial charge on any atom is 0.228 e. The SMILES string of the molecule is COc1cccc(C2(c3cccc(OC)c3)C[C@H]2C(=O)Nc2ccc(Br)cc2)c1. The van der Waals surface area contributed by atoms with Crippen LogP contribution in [0.25, 0.3) is 0 Å². The molecule has 1 N–H and O–H groups in total. The van der Waals surface area contributed by atoms with E-state index in [2.05, 4.69) is 33.4 Å². The van der Waals surface area contributed by atoms with E-state index in [0.717, 1.165) is 39.2 Å². The molecule has 1 amide bonds. The first-order valence-corrected chi connectivity index (χ1v) is 10.2. The molecule has 0 unspecified atom stereocenters. The van der Waals surface area contributed by atoms with Crippen LogP contribution in [-0.4, -0.2) is 20.1 Å². The van der Waals surface area contributed by atoms with Gasteiger partial charge in [0.2, 0.25) is 5.91 Å². The van der Waals surface area contributed by atoms with Gasteiger partial charge < -0.3 is 14.8 Å². The molecule has 1 fully saturated rings. The van der Waals surface area contributed by atoms with Gasteiger partial charge in [-0.3, -0.25) is 4.79 Å². The fourth-order valence-corrected chi connectivity index (χ4v) is 4.21. The molecule has 4 nitrogen and oxygen atoms in total. The normalized spacial score (nSPS) is 16.7. The maximum atomic E-state index is 13.1. The molecule has 0 bridgehead atoms. The van der Waals surface area contributed by atoms with Gasteiger partial charge in [-0.05, 0) is 66.1 Å². The second-order valence-corrected chi connectivity index (χ2v) is 8.10. The minimum atomic E-state index is -0.400. The van der Waals surface area contributed by atoms with Gasteiger partial charge in [0.05, 0.1) is 20.1 Å². The molecule has 3 aromatic rings. The molecule has 0 spiro atoms. The van der Waals surface area contributed by atoms with Gasteiger partial charge in [0.25, 0.3) is 0 Å². The van der Waals surface area contributed by atoms with E-state index in [0.29, 0.717) is 0 Å². The van der Waals surface area contributed by atoms with E-state index in [4.69, 9.17) is 9.47 Å². The third-order valence-corrected chi connectivity index (χ3v) is 6.09. The average Bonchev–Trinajstić information content (AvgIpc) is 3.53. The standard InChI is InChI=1S/C24H22BrNO3/c1-28-20-7-3-5-16(13-20)24(17-6-4-8-21(14-17)29-2)15-22(24)23(27)26-19-11-9-18(25)10-12-19/h3-14,22H,15H2,1-2H3,(H,26,27)/t22-/m0/s1. The quantitative estimate of drug-likeness (QED) is 0.544. The summed E-state index contributed by atoms with van der Waals surface area (Å²) in [6, 6.07) is 23.6. The minimum Gasteiger partial charge on any atom is -0.497 e. The van der Waals surface area contributed by atoms with Gasteiger partial charge in [0, 0.05) is 15.6 Å². The number of carbonyl (C=O) groups is 1. The zero-order chi connectivity index (χ0) is 20.4. The molecule has 3 aromatic carbocycles. The zero-order valence-electron chi connectivity index (χ0n) is 16.3. The van der Waals surface area contributed by atoms with Crippen molar-refractivity contribution < 1.29 is 14.3 Å². The number of ether oxygens (including phenoxy) is 2. The van der Waals surface area contributed by atoms with E-state index < -0.39 is 5.41 Å². The summed E-state index contributed by atoms with van der Waals surface area (Å²) in [5, 5.41) is 3.06. The molecule has 4 rings (SSSR count). The van der Waals surface area contributed by atoms with Crippen LogP contribution in [-0.2, 0) is 10.2 Å². The van der Waals surface area contributed by atoms with Crippen LogP contribution in [0.2, 0.25) is 0 Å². The Hall–Kier alpha value is -2.79. The van der Waals surface area contributed by atoms with Crippen molar-refractivity contribution in [3.63, 3.8) is 0 Å². The van der Waals surface area contributed by atoms with Gasteiger partial charge >= 0.3 is 0 Å². The van der Waals surface area contributed by atoms with E-state index in [1.807, 2.05) is 60.7 Å². The predicted molar refractivity (Wildman–Crippen MR) is 118 cm³/mol. The van der Waals surface area contributed by atoms with Crippen LogP contribution in [0.3, 0.4) is 0 Å². The van der Waals surface area contributed by atoms with Gasteiger partial charge in [0.1, 0.15) is 11.5 Å². The Morgan fingerprint density at radius 1 is 0.931 bits per heavy atom. The van der Waals surface area contributed by atoms with Gasteiger partial charge in [-0.1, -0.05) is 40.2 Å². The molecule has 29 heavy (non-hydrogen) atoms. The highest BCUT2D eigenvalue weighted by molar-refractivity contribution is 9.10. The smallest absolute Gasteiger partial charge is 0.228 e. The van der Waals surface area contributed by atoms with Crippen molar-refractivity contribution in [2.24, 2.45) is 5.92 Å². The highest BCUT2D eigenvalue weighted by atomic mass is 79.9. The third kappa shape index (κ3) is 3.75. The molecule has 0 heterocycles. The zero-order valence-corrected chi connectivity index (χ0v) is 17.9. The van der Waals surface area contributed by atoms with Gasteiger partial charge in [0.15, 0.2) is 0 Å². The fraction of sp³-hybridized carbons (Fsp3) is 0.208. The van der Waals surface area contributed by atoms with Crippen LogP contribution in [0.15, 0.2) is 77.3 Å². The fourth-order valence-electron chi connectivity index (χ4n) is 3.95. The largest absolute Gasteiger partial charge is 0.497 e. The molecular formula is C24H22BrNO3. The number of anilines is 1. The first-order valence-electron chi connectivity index (χ1n) is 9.42. The van der Waals surface area contributed by atoms with E-state index in [1.165, 1.54) is 0 Å². The van der Waals surface area contributed by atoms with Crippen LogP contribution in [0.5, 0.6) is 11.5 Å². The highest BCUT2D eigenvalue weighted by Crippen LogP contribution is 2.60. The van der Waals surface area contributed by atoms with Crippen molar-refractivity contribution in [2.75, 3.05) is 19.5 Å². The van der Waals surface area contributed by atoms with E-state index in [1.54, 1.807) is 14.2 Å². The topological polar surface area (TPSA) is 47.6 Å². The molecule has 1 atom stereocenters. The number of carbonyl (C=O) groups excluding carboxylic acids is 1. The van der Waals surface area contributed by atoms with Gasteiger partial charge in [-0.25, -0.2) is 0 Å². The molecule has 1 aliphatic carbocycles. The van der Waals surface area contributed by atoms with Gasteiger partial charge in [-0.2, -0.15) is 0 Å². The van der Waals surface area contributed by atoms with Crippen molar-refractivity contribution in [1.29, 1.82) is 0 Å². The van der Waals surface area contributed by atoms with Crippen molar-refractivity contribution in [1.82, 2.24) is 0 Å². The second kappa shape index (κ2) is 7.91. The Morgan fingerprint density at radius 3 is 2.00 bits per heavy atom. The number of nitrogens with one attached hydrogen (secondary N) is 1. The van der Waals surface area contributed by atoms with Crippen molar-refractivity contribution >= 4 is 27.5 Å². The number of hydrogen-bond donors (Lipinski definition) is 1. The lowest BCUT2D eigenvalue weighted by Gasteiger charge is -2.20. The molecule has 5 heteroatoms. The number of benzene rings is 3. The van der Waals surface area contributed by atoms with Gasteiger partial charge in [-0.15, -0.1) is 0 Å². The molecule has 0 radical (unpaired) electrons. The Balaban J connectivity index is 1.70. The summed E-state index contributed by atoms with van der Waals surface area (Å²) in [5.74, 6) is 1.40. The summed E-state index contributed by atoms with van der Waals surface area (Å²) in [4.78, 5) is 13.1. The monoisotopic (exact) mass is 451 g/mol. The van der Waals surface area contributed by atoms with Crippen LogP contribution in [0.1, 0.15) is 17.5 Å². The Bertz CT molecular complexity index is 985. The first-order chi connectivity index (χ1) is 14.1. The summed E-state index contributed by atoms with van der Waals surface area (Å²) in [6.07, 6.45) is 0.732. The summed E-state index contributed by atoms with van der Waals surface area (Å²) in [6.45, 7) is 0. The third-order valence-electron chi connectivity index (χ3n) is 5.56. The predicted octanol–water partition coefficient (Wildman–Crippen LogP) is 5.41. The summed E-state index contributed by atoms with van der Waals surface area (Å²) in [7, 11) is 3.31. The van der Waals surface area contributed by atoms with Crippen LogP contribution in [0.4, 0.5) is 5.69 Å². The lowest BCUT2D eigenvalue weighted by atomic mass is 9.85. The molecule has 0 aliphatic heterocycles. The highest BCUT2D eigenvalue weighted by Gasteiger charge is 2.60. The van der Waals surface area contributed by atoms with E-state index in [9.17, 15) is 4.79 Å². The number of hydrogen-bond acceptors (Lipinski definition) is 3. The molecular weight excluding hydrogens is 430 g/mol. The van der Waals surface area contributed by atoms with Crippen molar-refractivity contribution in [2.45, 2.75) is 11.8 Å². The van der Waals surface area contributed by atoms with Crippen LogP contribution in [0, 0.1) is 5.92 Å². The van der Waals surface area contributed by atoms with Crippen LogP contribution >= 0.6 is 15.9 Å². The summed E-state index contributed by atoms with van der Waals surface area (Å²) in [5.41, 5.74) is 2.53. The summed E-state index contributed by atoms with van der Waals surface area (Å²) < 4.78 is 11.8. The van der Waals surface area contributed by atoms with E-state index in [-0.39, 0.29) is 11.8 Å².